The molecule has 0 saturated carbocycles. The fraction of sp³-hybridized carbons (Fsp3) is 0.636. The summed E-state index contributed by atoms with van der Waals surface area (Å²) in [6.45, 7) is 9.39. The van der Waals surface area contributed by atoms with E-state index in [-0.39, 0.29) is 5.54 Å². The summed E-state index contributed by atoms with van der Waals surface area (Å²) in [4.78, 5) is 10.5. The van der Waals surface area contributed by atoms with E-state index >= 15 is 0 Å². The van der Waals surface area contributed by atoms with Crippen molar-refractivity contribution >= 4 is 11.6 Å². The first-order valence-corrected chi connectivity index (χ1v) is 5.25. The minimum Gasteiger partial charge on any atom is -0.370 e. The summed E-state index contributed by atoms with van der Waals surface area (Å²) in [5.74, 6) is 1.81. The van der Waals surface area contributed by atoms with Crippen LogP contribution in [0.4, 0.5) is 11.6 Å². The van der Waals surface area contributed by atoms with E-state index in [0.717, 1.165) is 18.2 Å². The molecule has 0 aliphatic carbocycles. The number of anilines is 2. The molecule has 0 unspecified atom stereocenters. The van der Waals surface area contributed by atoms with Gasteiger partial charge in [0, 0.05) is 25.2 Å². The number of hydrogen-bond donors (Lipinski definition) is 1. The first-order chi connectivity index (χ1) is 6.95. The Morgan fingerprint density at radius 2 is 2.00 bits per heavy atom. The molecule has 1 heterocycles. The summed E-state index contributed by atoms with van der Waals surface area (Å²) in [7, 11) is 2.04. The normalized spacial score (nSPS) is 11.3. The number of aromatic nitrogens is 2. The van der Waals surface area contributed by atoms with Crippen molar-refractivity contribution in [3.8, 4) is 0 Å². The van der Waals surface area contributed by atoms with E-state index in [9.17, 15) is 0 Å². The summed E-state index contributed by atoms with van der Waals surface area (Å²) in [5, 5.41) is 3.18. The second-order valence-electron chi connectivity index (χ2n) is 4.52. The fourth-order valence-electron chi connectivity index (χ4n) is 1.15. The molecule has 4 heteroatoms. The molecule has 4 nitrogen and oxygen atoms in total. The molecule has 0 spiro atoms. The van der Waals surface area contributed by atoms with E-state index in [4.69, 9.17) is 0 Å². The van der Waals surface area contributed by atoms with Gasteiger partial charge in [0.15, 0.2) is 0 Å². The van der Waals surface area contributed by atoms with Gasteiger partial charge in [-0.15, -0.1) is 0 Å². The molecule has 0 aliphatic rings. The van der Waals surface area contributed by atoms with Gasteiger partial charge in [0.1, 0.15) is 18.0 Å². The Hall–Kier alpha value is -1.32. The van der Waals surface area contributed by atoms with Gasteiger partial charge >= 0.3 is 0 Å². The van der Waals surface area contributed by atoms with Gasteiger partial charge in [0.25, 0.3) is 0 Å². The lowest BCUT2D eigenvalue weighted by atomic mass is 10.1. The van der Waals surface area contributed by atoms with Crippen LogP contribution >= 0.6 is 0 Å². The molecule has 15 heavy (non-hydrogen) atoms. The van der Waals surface area contributed by atoms with Crippen molar-refractivity contribution in [3.05, 3.63) is 12.4 Å². The van der Waals surface area contributed by atoms with Gasteiger partial charge in [0.05, 0.1) is 0 Å². The lowest BCUT2D eigenvalue weighted by Crippen LogP contribution is -2.38. The Morgan fingerprint density at radius 1 is 1.33 bits per heavy atom. The van der Waals surface area contributed by atoms with Crippen molar-refractivity contribution in [1.82, 2.24) is 9.97 Å². The second kappa shape index (κ2) is 4.47. The van der Waals surface area contributed by atoms with Crippen molar-refractivity contribution in [2.45, 2.75) is 33.2 Å². The Labute approximate surface area is 91.7 Å². The van der Waals surface area contributed by atoms with Crippen LogP contribution < -0.4 is 10.2 Å². The Bertz CT molecular complexity index is 317. The highest BCUT2D eigenvalue weighted by atomic mass is 15.2. The number of hydrogen-bond acceptors (Lipinski definition) is 4. The average Bonchev–Trinajstić information content (AvgIpc) is 2.16. The maximum absolute atomic E-state index is 4.26. The molecule has 0 atom stereocenters. The fourth-order valence-corrected chi connectivity index (χ4v) is 1.15. The monoisotopic (exact) mass is 208 g/mol. The van der Waals surface area contributed by atoms with Crippen LogP contribution in [0.1, 0.15) is 27.7 Å². The highest BCUT2D eigenvalue weighted by molar-refractivity contribution is 5.49. The Kier molecular flexibility index (Phi) is 3.50. The molecule has 0 bridgehead atoms. The smallest absolute Gasteiger partial charge is 0.134 e. The number of nitrogens with zero attached hydrogens (tertiary/aromatic N) is 3. The third kappa shape index (κ3) is 3.08. The summed E-state index contributed by atoms with van der Waals surface area (Å²) >= 11 is 0. The van der Waals surface area contributed by atoms with Crippen LogP contribution in [0.25, 0.3) is 0 Å². The largest absolute Gasteiger partial charge is 0.370 e. The minimum atomic E-state index is 0.0673. The predicted octanol–water partition coefficient (Wildman–Crippen LogP) is 2.14. The van der Waals surface area contributed by atoms with E-state index in [1.165, 1.54) is 0 Å². The molecular formula is C11H20N4. The molecule has 1 aromatic rings. The third-order valence-electron chi connectivity index (χ3n) is 2.36. The standard InChI is InChI=1S/C11H20N4/c1-6-12-9-7-10(14-8-13-9)15(5)11(2,3)4/h7-8H,6H2,1-5H3,(H,12,13,14). The molecule has 0 aromatic carbocycles. The van der Waals surface area contributed by atoms with E-state index < -0.39 is 0 Å². The Balaban J connectivity index is 2.90. The van der Waals surface area contributed by atoms with Gasteiger partial charge in [-0.05, 0) is 27.7 Å². The van der Waals surface area contributed by atoms with E-state index in [2.05, 4.69) is 47.9 Å². The lowest BCUT2D eigenvalue weighted by molar-refractivity contribution is 0.533. The molecule has 1 rings (SSSR count). The molecule has 84 valence electrons. The van der Waals surface area contributed by atoms with Crippen molar-refractivity contribution < 1.29 is 0 Å². The van der Waals surface area contributed by atoms with E-state index in [1.807, 2.05) is 13.1 Å². The van der Waals surface area contributed by atoms with Crippen LogP contribution in [0.5, 0.6) is 0 Å². The van der Waals surface area contributed by atoms with Crippen LogP contribution in [0.3, 0.4) is 0 Å². The minimum absolute atomic E-state index is 0.0673. The molecule has 0 aliphatic heterocycles. The highest BCUT2D eigenvalue weighted by Gasteiger charge is 2.18. The first kappa shape index (κ1) is 11.8. The molecular weight excluding hydrogens is 188 g/mol. The van der Waals surface area contributed by atoms with Crippen molar-refractivity contribution in [1.29, 1.82) is 0 Å². The van der Waals surface area contributed by atoms with Crippen LogP contribution in [0, 0.1) is 0 Å². The lowest BCUT2D eigenvalue weighted by Gasteiger charge is -2.33. The average molecular weight is 208 g/mol. The maximum atomic E-state index is 4.26. The Morgan fingerprint density at radius 3 is 2.53 bits per heavy atom. The zero-order chi connectivity index (χ0) is 11.5. The summed E-state index contributed by atoms with van der Waals surface area (Å²) in [6, 6.07) is 1.97. The van der Waals surface area contributed by atoms with Gasteiger partial charge in [0.2, 0.25) is 0 Å². The van der Waals surface area contributed by atoms with E-state index in [0.29, 0.717) is 0 Å². The summed E-state index contributed by atoms with van der Waals surface area (Å²) < 4.78 is 0. The van der Waals surface area contributed by atoms with Crippen molar-refractivity contribution in [3.63, 3.8) is 0 Å². The highest BCUT2D eigenvalue weighted by Crippen LogP contribution is 2.20. The summed E-state index contributed by atoms with van der Waals surface area (Å²) in [5.41, 5.74) is 0.0673. The van der Waals surface area contributed by atoms with Crippen LogP contribution in [-0.4, -0.2) is 29.1 Å². The second-order valence-corrected chi connectivity index (χ2v) is 4.52. The van der Waals surface area contributed by atoms with Gasteiger partial charge in [-0.2, -0.15) is 0 Å². The first-order valence-electron chi connectivity index (χ1n) is 5.25. The van der Waals surface area contributed by atoms with Crippen LogP contribution in [0.2, 0.25) is 0 Å². The van der Waals surface area contributed by atoms with Gasteiger partial charge in [-0.25, -0.2) is 9.97 Å². The maximum Gasteiger partial charge on any atom is 0.134 e. The quantitative estimate of drug-likeness (QED) is 0.826. The summed E-state index contributed by atoms with van der Waals surface area (Å²) in [6.07, 6.45) is 1.59. The third-order valence-corrected chi connectivity index (χ3v) is 2.36. The zero-order valence-electron chi connectivity index (χ0n) is 10.2. The SMILES string of the molecule is CCNc1cc(N(C)C(C)(C)C)ncn1. The van der Waals surface area contributed by atoms with Gasteiger partial charge in [-0.3, -0.25) is 0 Å². The molecule has 0 fully saturated rings. The number of nitrogens with one attached hydrogen (secondary N) is 1. The van der Waals surface area contributed by atoms with Crippen LogP contribution in [-0.2, 0) is 0 Å². The molecule has 0 radical (unpaired) electrons. The van der Waals surface area contributed by atoms with E-state index in [1.54, 1.807) is 6.33 Å². The van der Waals surface area contributed by atoms with Gasteiger partial charge < -0.3 is 10.2 Å². The van der Waals surface area contributed by atoms with Crippen molar-refractivity contribution in [2.75, 3.05) is 23.8 Å². The van der Waals surface area contributed by atoms with Crippen LogP contribution in [0.15, 0.2) is 12.4 Å². The van der Waals surface area contributed by atoms with Crippen molar-refractivity contribution in [2.24, 2.45) is 0 Å². The zero-order valence-corrected chi connectivity index (χ0v) is 10.2. The molecule has 1 aromatic heterocycles. The number of rotatable bonds is 3. The molecule has 0 amide bonds. The van der Waals surface area contributed by atoms with Gasteiger partial charge in [-0.1, -0.05) is 0 Å². The predicted molar refractivity (Wildman–Crippen MR) is 64.4 cm³/mol. The molecule has 0 saturated heterocycles. The molecule has 1 N–H and O–H groups in total. The topological polar surface area (TPSA) is 41.0 Å².